The average Bonchev–Trinajstić information content (AvgIpc) is 3.65. The van der Waals surface area contributed by atoms with Gasteiger partial charge in [0, 0.05) is 42.4 Å². The quantitative estimate of drug-likeness (QED) is 0.287. The van der Waals surface area contributed by atoms with Gasteiger partial charge in [-0.2, -0.15) is 0 Å². The van der Waals surface area contributed by atoms with E-state index in [0.29, 0.717) is 72.6 Å². The van der Waals surface area contributed by atoms with Crippen LogP contribution in [0.4, 0.5) is 0 Å². The summed E-state index contributed by atoms with van der Waals surface area (Å²) in [5.74, 6) is 1.07. The highest BCUT2D eigenvalue weighted by Gasteiger charge is 2.38. The molecule has 2 aromatic carbocycles. The van der Waals surface area contributed by atoms with Crippen LogP contribution in [0.2, 0.25) is 5.02 Å². The van der Waals surface area contributed by atoms with E-state index in [2.05, 4.69) is 17.1 Å². The largest absolute Gasteiger partial charge is 0.388 e. The fourth-order valence-electron chi connectivity index (χ4n) is 6.63. The van der Waals surface area contributed by atoms with E-state index >= 15 is 0 Å². The molecule has 1 unspecified atom stereocenters. The Morgan fingerprint density at radius 3 is 2.60 bits per heavy atom. The van der Waals surface area contributed by atoms with E-state index in [0.717, 1.165) is 16.0 Å². The number of nitrogens with zero attached hydrogens (tertiary/aromatic N) is 3. The molecule has 1 N–H and O–H groups in total. The molecule has 1 saturated carbocycles. The van der Waals surface area contributed by atoms with Gasteiger partial charge in [-0.1, -0.05) is 41.9 Å². The van der Waals surface area contributed by atoms with E-state index in [4.69, 9.17) is 11.6 Å². The van der Waals surface area contributed by atoms with E-state index < -0.39 is 5.60 Å². The number of aliphatic hydroxyl groups is 1. The van der Waals surface area contributed by atoms with Crippen LogP contribution in [0.15, 0.2) is 59.0 Å². The van der Waals surface area contributed by atoms with Crippen molar-refractivity contribution in [1.29, 1.82) is 0 Å². The highest BCUT2D eigenvalue weighted by atomic mass is 35.5. The number of likely N-dealkylation sites (tertiary alicyclic amines) is 1. The molecule has 0 radical (unpaired) electrons. The first-order chi connectivity index (χ1) is 20.3. The summed E-state index contributed by atoms with van der Waals surface area (Å²) in [5, 5.41) is 14.2. The van der Waals surface area contributed by atoms with Crippen LogP contribution in [0.1, 0.15) is 65.9 Å². The number of hydrogen-bond donors (Lipinski definition) is 1. The normalized spacial score (nSPS) is 18.8. The molecule has 3 aliphatic rings. The smallest absolute Gasteiger partial charge is 0.262 e. The molecule has 1 aliphatic heterocycles. The summed E-state index contributed by atoms with van der Waals surface area (Å²) in [6, 6.07) is 14.0. The Morgan fingerprint density at radius 1 is 1.10 bits per heavy atom. The van der Waals surface area contributed by atoms with Crippen LogP contribution < -0.4 is 5.56 Å². The number of hydrogen-bond acceptors (Lipinski definition) is 6. The van der Waals surface area contributed by atoms with Crippen LogP contribution in [-0.2, 0) is 17.8 Å². The summed E-state index contributed by atoms with van der Waals surface area (Å²) in [6.45, 7) is 1.06. The Balaban J connectivity index is 1.05. The molecule has 216 valence electrons. The lowest BCUT2D eigenvalue weighted by Gasteiger charge is -2.39. The number of benzene rings is 2. The maximum atomic E-state index is 13.5. The summed E-state index contributed by atoms with van der Waals surface area (Å²) in [4.78, 5) is 46.2. The molecule has 7 nitrogen and oxygen atoms in total. The Bertz CT molecular complexity index is 1750. The Hall–Kier alpha value is -3.33. The number of fused-ring (bicyclic) bond motifs is 2. The molecule has 1 amide bonds. The predicted octanol–water partition coefficient (Wildman–Crippen LogP) is 5.84. The van der Waals surface area contributed by atoms with Gasteiger partial charge < -0.3 is 10.0 Å². The van der Waals surface area contributed by atoms with Gasteiger partial charge in [0.15, 0.2) is 5.78 Å². The lowest BCUT2D eigenvalue weighted by Crippen LogP contribution is -2.49. The number of halogens is 1. The molecule has 42 heavy (non-hydrogen) atoms. The first-order valence-corrected chi connectivity index (χ1v) is 15.9. The molecule has 7 rings (SSSR count). The molecular weight excluding hydrogens is 570 g/mol. The van der Waals surface area contributed by atoms with Gasteiger partial charge in [0.25, 0.3) is 5.56 Å². The number of amides is 1. The SMILES string of the molecule is O=C1CCc2cc(-c3scc4c(=O)n(CC5(O)CCN(C(=O)CC(c6ccccc6)C6CC6)CC5)cnc34)c(Cl)cc21. The van der Waals surface area contributed by atoms with Gasteiger partial charge in [-0.3, -0.25) is 19.0 Å². The Labute approximate surface area is 252 Å². The third kappa shape index (κ3) is 5.10. The standard InChI is InChI=1S/C33H32ClN3O4S/c34-27-15-24-22(8-9-28(24)38)14-25(27)31-30-26(17-42-31)32(40)37(19-35-30)18-33(41)10-12-36(13-11-33)29(39)16-23(21-6-7-21)20-4-2-1-3-5-20/h1-5,14-15,17,19,21,23,41H,6-13,16,18H2. The molecule has 2 aliphatic carbocycles. The van der Waals surface area contributed by atoms with Crippen LogP contribution >= 0.6 is 22.9 Å². The third-order valence-corrected chi connectivity index (χ3v) is 10.6. The van der Waals surface area contributed by atoms with Crippen molar-refractivity contribution in [2.75, 3.05) is 13.1 Å². The van der Waals surface area contributed by atoms with Gasteiger partial charge in [0.1, 0.15) is 0 Å². The minimum atomic E-state index is -1.10. The van der Waals surface area contributed by atoms with E-state index in [1.807, 2.05) is 29.2 Å². The van der Waals surface area contributed by atoms with Gasteiger partial charge in [-0.15, -0.1) is 11.3 Å². The number of carbonyl (C=O) groups excluding carboxylic acids is 2. The summed E-state index contributed by atoms with van der Waals surface area (Å²) in [7, 11) is 0. The molecule has 1 saturated heterocycles. The molecule has 2 fully saturated rings. The zero-order valence-corrected chi connectivity index (χ0v) is 24.8. The van der Waals surface area contributed by atoms with Crippen molar-refractivity contribution in [2.45, 2.75) is 63.0 Å². The Morgan fingerprint density at radius 2 is 1.86 bits per heavy atom. The maximum absolute atomic E-state index is 13.5. The lowest BCUT2D eigenvalue weighted by atomic mass is 9.88. The number of thiophene rings is 1. The first kappa shape index (κ1) is 27.5. The van der Waals surface area contributed by atoms with Gasteiger partial charge in [-0.05, 0) is 67.2 Å². The van der Waals surface area contributed by atoms with Crippen molar-refractivity contribution in [3.05, 3.63) is 86.2 Å². The zero-order chi connectivity index (χ0) is 29.0. The van der Waals surface area contributed by atoms with Crippen LogP contribution in [0.25, 0.3) is 21.3 Å². The number of Topliss-reactive ketones (excluding diaryl/α,β-unsaturated/α-hetero) is 1. The predicted molar refractivity (Wildman–Crippen MR) is 164 cm³/mol. The minimum absolute atomic E-state index is 0.110. The van der Waals surface area contributed by atoms with Crippen LogP contribution in [0, 0.1) is 5.92 Å². The van der Waals surface area contributed by atoms with Gasteiger partial charge in [0.05, 0.1) is 39.3 Å². The first-order valence-electron chi connectivity index (χ1n) is 14.7. The average molecular weight is 602 g/mol. The highest BCUT2D eigenvalue weighted by molar-refractivity contribution is 7.15. The molecule has 1 atom stereocenters. The number of ketones is 1. The third-order valence-electron chi connectivity index (χ3n) is 9.27. The number of piperidine rings is 1. The van der Waals surface area contributed by atoms with E-state index in [1.54, 1.807) is 11.4 Å². The van der Waals surface area contributed by atoms with Crippen molar-refractivity contribution in [2.24, 2.45) is 5.92 Å². The lowest BCUT2D eigenvalue weighted by molar-refractivity contribution is -0.136. The van der Waals surface area contributed by atoms with Crippen LogP contribution in [-0.4, -0.2) is 49.9 Å². The second-order valence-electron chi connectivity index (χ2n) is 12.1. The van der Waals surface area contributed by atoms with Crippen LogP contribution in [0.5, 0.6) is 0 Å². The van der Waals surface area contributed by atoms with Gasteiger partial charge in [-0.25, -0.2) is 4.98 Å². The summed E-state index contributed by atoms with van der Waals surface area (Å²) < 4.78 is 1.48. The van der Waals surface area contributed by atoms with E-state index in [-0.39, 0.29) is 29.7 Å². The molecule has 2 aromatic heterocycles. The molecule has 0 spiro atoms. The van der Waals surface area contributed by atoms with Crippen molar-refractivity contribution >= 4 is 45.5 Å². The summed E-state index contributed by atoms with van der Waals surface area (Å²) in [6.07, 6.45) is 6.34. The number of carbonyl (C=O) groups is 2. The fraction of sp³-hybridized carbons (Fsp3) is 0.394. The number of aryl methyl sites for hydroxylation is 1. The van der Waals surface area contributed by atoms with E-state index in [9.17, 15) is 19.5 Å². The second kappa shape index (κ2) is 10.7. The number of rotatable bonds is 7. The number of aromatic nitrogens is 2. The van der Waals surface area contributed by atoms with Crippen molar-refractivity contribution in [3.8, 4) is 10.4 Å². The van der Waals surface area contributed by atoms with Crippen molar-refractivity contribution in [1.82, 2.24) is 14.5 Å². The van der Waals surface area contributed by atoms with Crippen molar-refractivity contribution in [3.63, 3.8) is 0 Å². The summed E-state index contributed by atoms with van der Waals surface area (Å²) in [5.41, 5.74) is 2.93. The summed E-state index contributed by atoms with van der Waals surface area (Å²) >= 11 is 7.98. The molecule has 3 heterocycles. The van der Waals surface area contributed by atoms with Crippen molar-refractivity contribution < 1.29 is 14.7 Å². The van der Waals surface area contributed by atoms with Gasteiger partial charge >= 0.3 is 0 Å². The maximum Gasteiger partial charge on any atom is 0.262 e. The molecule has 4 aromatic rings. The van der Waals surface area contributed by atoms with E-state index in [1.165, 1.54) is 40.6 Å². The zero-order valence-electron chi connectivity index (χ0n) is 23.2. The highest BCUT2D eigenvalue weighted by Crippen LogP contribution is 2.45. The van der Waals surface area contributed by atoms with Gasteiger partial charge in [0.2, 0.25) is 5.91 Å². The Kier molecular flexibility index (Phi) is 7.03. The fourth-order valence-corrected chi connectivity index (χ4v) is 7.96. The van der Waals surface area contributed by atoms with Crippen LogP contribution in [0.3, 0.4) is 0 Å². The molecule has 0 bridgehead atoms. The minimum Gasteiger partial charge on any atom is -0.388 e. The monoisotopic (exact) mass is 601 g/mol. The second-order valence-corrected chi connectivity index (χ2v) is 13.4. The molecule has 9 heteroatoms. The molecular formula is C33H32ClN3O4S. The topological polar surface area (TPSA) is 92.5 Å².